The number of aliphatic hydroxyl groups excluding tert-OH is 1. The molecular weight excluding hydrogens is 246 g/mol. The van der Waals surface area contributed by atoms with Crippen molar-refractivity contribution in [3.05, 3.63) is 35.9 Å². The monoisotopic (exact) mass is 275 g/mol. The molecule has 0 aliphatic carbocycles. The van der Waals surface area contributed by atoms with E-state index >= 15 is 0 Å². The fourth-order valence-electron chi connectivity index (χ4n) is 3.32. The molecule has 1 fully saturated rings. The van der Waals surface area contributed by atoms with Gasteiger partial charge in [-0.25, -0.2) is 0 Å². The van der Waals surface area contributed by atoms with Gasteiger partial charge in [-0.15, -0.1) is 0 Å². The Balaban J connectivity index is 1.81. The van der Waals surface area contributed by atoms with Crippen molar-refractivity contribution in [3.63, 3.8) is 0 Å². The molecular formula is C18H29NO. The lowest BCUT2D eigenvalue weighted by atomic mass is 10.0. The zero-order valence-electron chi connectivity index (χ0n) is 12.8. The van der Waals surface area contributed by atoms with Crippen LogP contribution in [0.25, 0.3) is 0 Å². The van der Waals surface area contributed by atoms with E-state index in [1.165, 1.54) is 57.2 Å². The fraction of sp³-hybridized carbons (Fsp3) is 0.667. The molecule has 0 amide bonds. The fourth-order valence-corrected chi connectivity index (χ4v) is 3.32. The maximum absolute atomic E-state index is 9.69. The molecule has 112 valence electrons. The molecule has 2 atom stereocenters. The van der Waals surface area contributed by atoms with E-state index in [1.807, 2.05) is 6.92 Å². The number of hydrogen-bond acceptors (Lipinski definition) is 2. The van der Waals surface area contributed by atoms with E-state index in [1.54, 1.807) is 0 Å². The van der Waals surface area contributed by atoms with Crippen LogP contribution in [0.2, 0.25) is 0 Å². The highest BCUT2D eigenvalue weighted by atomic mass is 16.3. The summed E-state index contributed by atoms with van der Waals surface area (Å²) in [6, 6.07) is 11.4. The SMILES string of the molecule is CC(O)CC1CCCCCN1CCCc1ccccc1. The second-order valence-electron chi connectivity index (χ2n) is 6.21. The Morgan fingerprint density at radius 2 is 2.00 bits per heavy atom. The van der Waals surface area contributed by atoms with Gasteiger partial charge in [0.05, 0.1) is 6.10 Å². The molecule has 0 radical (unpaired) electrons. The lowest BCUT2D eigenvalue weighted by molar-refractivity contribution is 0.112. The van der Waals surface area contributed by atoms with E-state index in [0.29, 0.717) is 6.04 Å². The standard InChI is InChI=1S/C18H29NO/c1-16(20)15-18-12-6-3-7-13-19(18)14-8-11-17-9-4-2-5-10-17/h2,4-5,9-10,16,18,20H,3,6-8,11-15H2,1H3. The maximum Gasteiger partial charge on any atom is 0.0527 e. The highest BCUT2D eigenvalue weighted by Gasteiger charge is 2.21. The minimum Gasteiger partial charge on any atom is -0.393 e. The molecule has 1 aliphatic rings. The average molecular weight is 275 g/mol. The topological polar surface area (TPSA) is 23.5 Å². The summed E-state index contributed by atoms with van der Waals surface area (Å²) in [6.45, 7) is 4.31. The molecule has 1 heterocycles. The lowest BCUT2D eigenvalue weighted by Gasteiger charge is -2.30. The Kier molecular flexibility index (Phi) is 6.55. The van der Waals surface area contributed by atoms with Crippen LogP contribution < -0.4 is 0 Å². The summed E-state index contributed by atoms with van der Waals surface area (Å²) in [5, 5.41) is 9.69. The molecule has 2 unspecified atom stereocenters. The number of hydrogen-bond donors (Lipinski definition) is 1. The second kappa shape index (κ2) is 8.43. The highest BCUT2D eigenvalue weighted by molar-refractivity contribution is 5.14. The Morgan fingerprint density at radius 1 is 1.20 bits per heavy atom. The first-order valence-corrected chi connectivity index (χ1v) is 8.22. The molecule has 1 aliphatic heterocycles. The van der Waals surface area contributed by atoms with E-state index in [2.05, 4.69) is 35.2 Å². The summed E-state index contributed by atoms with van der Waals surface area (Å²) in [4.78, 5) is 2.63. The van der Waals surface area contributed by atoms with Crippen LogP contribution in [0.3, 0.4) is 0 Å². The van der Waals surface area contributed by atoms with Gasteiger partial charge in [-0.1, -0.05) is 43.2 Å². The lowest BCUT2D eigenvalue weighted by Crippen LogP contribution is -2.37. The first kappa shape index (κ1) is 15.5. The van der Waals surface area contributed by atoms with Gasteiger partial charge in [-0.2, -0.15) is 0 Å². The van der Waals surface area contributed by atoms with Gasteiger partial charge in [-0.05, 0) is 57.7 Å². The summed E-state index contributed by atoms with van der Waals surface area (Å²) in [7, 11) is 0. The van der Waals surface area contributed by atoms with Crippen LogP contribution in [0.15, 0.2) is 30.3 Å². The van der Waals surface area contributed by atoms with Crippen LogP contribution in [0.4, 0.5) is 0 Å². The minimum atomic E-state index is -0.172. The molecule has 0 aromatic heterocycles. The number of rotatable bonds is 6. The maximum atomic E-state index is 9.69. The van der Waals surface area contributed by atoms with Crippen LogP contribution in [0.1, 0.15) is 51.0 Å². The summed E-state index contributed by atoms with van der Waals surface area (Å²) in [6.07, 6.45) is 8.41. The van der Waals surface area contributed by atoms with E-state index in [-0.39, 0.29) is 6.10 Å². The molecule has 0 saturated carbocycles. The van der Waals surface area contributed by atoms with Crippen molar-refractivity contribution in [2.75, 3.05) is 13.1 Å². The van der Waals surface area contributed by atoms with E-state index in [0.717, 1.165) is 6.42 Å². The van der Waals surface area contributed by atoms with Gasteiger partial charge in [0.15, 0.2) is 0 Å². The number of aryl methyl sites for hydroxylation is 1. The Bertz CT molecular complexity index is 363. The molecule has 1 N–H and O–H groups in total. The van der Waals surface area contributed by atoms with Crippen LogP contribution in [0, 0.1) is 0 Å². The molecule has 2 nitrogen and oxygen atoms in total. The van der Waals surface area contributed by atoms with Gasteiger partial charge in [0.2, 0.25) is 0 Å². The smallest absolute Gasteiger partial charge is 0.0527 e. The molecule has 1 aromatic rings. The van der Waals surface area contributed by atoms with Crippen LogP contribution >= 0.6 is 0 Å². The van der Waals surface area contributed by atoms with Gasteiger partial charge < -0.3 is 10.0 Å². The van der Waals surface area contributed by atoms with E-state index in [4.69, 9.17) is 0 Å². The quantitative estimate of drug-likeness (QED) is 0.857. The average Bonchev–Trinajstić information content (AvgIpc) is 2.65. The summed E-state index contributed by atoms with van der Waals surface area (Å²) < 4.78 is 0. The van der Waals surface area contributed by atoms with Gasteiger partial charge in [0, 0.05) is 6.04 Å². The third-order valence-corrected chi connectivity index (χ3v) is 4.37. The predicted octanol–water partition coefficient (Wildman–Crippen LogP) is 3.63. The third kappa shape index (κ3) is 5.26. The number of aliphatic hydroxyl groups is 1. The van der Waals surface area contributed by atoms with E-state index in [9.17, 15) is 5.11 Å². The Hall–Kier alpha value is -0.860. The van der Waals surface area contributed by atoms with E-state index < -0.39 is 0 Å². The van der Waals surface area contributed by atoms with Crippen molar-refractivity contribution in [1.29, 1.82) is 0 Å². The molecule has 2 rings (SSSR count). The number of nitrogens with zero attached hydrogens (tertiary/aromatic N) is 1. The molecule has 0 bridgehead atoms. The first-order valence-electron chi connectivity index (χ1n) is 8.22. The van der Waals surface area contributed by atoms with Crippen molar-refractivity contribution in [2.45, 2.75) is 64.0 Å². The van der Waals surface area contributed by atoms with Crippen molar-refractivity contribution in [3.8, 4) is 0 Å². The van der Waals surface area contributed by atoms with Crippen molar-refractivity contribution >= 4 is 0 Å². The van der Waals surface area contributed by atoms with Crippen molar-refractivity contribution in [2.24, 2.45) is 0 Å². The normalized spacial score (nSPS) is 22.4. The number of likely N-dealkylation sites (tertiary alicyclic amines) is 1. The largest absolute Gasteiger partial charge is 0.393 e. The van der Waals surface area contributed by atoms with Gasteiger partial charge in [-0.3, -0.25) is 0 Å². The molecule has 1 saturated heterocycles. The first-order chi connectivity index (χ1) is 9.75. The molecule has 0 spiro atoms. The van der Waals surface area contributed by atoms with Gasteiger partial charge in [0.25, 0.3) is 0 Å². The Morgan fingerprint density at radius 3 is 2.75 bits per heavy atom. The Labute approximate surface area is 123 Å². The van der Waals surface area contributed by atoms with Crippen molar-refractivity contribution in [1.82, 2.24) is 4.90 Å². The van der Waals surface area contributed by atoms with Crippen LogP contribution in [-0.4, -0.2) is 35.2 Å². The third-order valence-electron chi connectivity index (χ3n) is 4.37. The zero-order valence-corrected chi connectivity index (χ0v) is 12.8. The summed E-state index contributed by atoms with van der Waals surface area (Å²) >= 11 is 0. The van der Waals surface area contributed by atoms with Gasteiger partial charge in [0.1, 0.15) is 0 Å². The van der Waals surface area contributed by atoms with Crippen LogP contribution in [0.5, 0.6) is 0 Å². The van der Waals surface area contributed by atoms with Crippen LogP contribution in [-0.2, 0) is 6.42 Å². The predicted molar refractivity (Wildman–Crippen MR) is 84.9 cm³/mol. The van der Waals surface area contributed by atoms with Gasteiger partial charge >= 0.3 is 0 Å². The zero-order chi connectivity index (χ0) is 14.2. The molecule has 1 aromatic carbocycles. The van der Waals surface area contributed by atoms with Crippen molar-refractivity contribution < 1.29 is 5.11 Å². The summed E-state index contributed by atoms with van der Waals surface area (Å²) in [5.41, 5.74) is 1.44. The minimum absolute atomic E-state index is 0.172. The molecule has 20 heavy (non-hydrogen) atoms. The number of benzene rings is 1. The second-order valence-corrected chi connectivity index (χ2v) is 6.21. The highest BCUT2D eigenvalue weighted by Crippen LogP contribution is 2.21. The summed E-state index contributed by atoms with van der Waals surface area (Å²) in [5.74, 6) is 0. The molecule has 2 heteroatoms.